The Balaban J connectivity index is 1.38. The second-order valence-corrected chi connectivity index (χ2v) is 8.48. The van der Waals surface area contributed by atoms with E-state index in [4.69, 9.17) is 16.3 Å². The zero-order chi connectivity index (χ0) is 21.6. The average molecular weight is 439 g/mol. The van der Waals surface area contributed by atoms with E-state index in [1.807, 2.05) is 35.0 Å². The number of fused-ring (bicyclic) bond motifs is 1. The number of carbonyl (C=O) groups excluding carboxylic acids is 2. The van der Waals surface area contributed by atoms with E-state index < -0.39 is 0 Å². The van der Waals surface area contributed by atoms with Gasteiger partial charge < -0.3 is 14.6 Å². The maximum absolute atomic E-state index is 13.1. The lowest BCUT2D eigenvalue weighted by molar-refractivity contribution is -0.121. The number of halogens is 1. The highest BCUT2D eigenvalue weighted by Crippen LogP contribution is 2.30. The van der Waals surface area contributed by atoms with Gasteiger partial charge in [-0.05, 0) is 43.2 Å². The third kappa shape index (κ3) is 5.28. The number of carbonyl (C=O) groups is 2. The molecule has 6 heteroatoms. The molecule has 0 radical (unpaired) electrons. The fourth-order valence-electron chi connectivity index (χ4n) is 4.26. The van der Waals surface area contributed by atoms with Gasteiger partial charge in [-0.1, -0.05) is 49.1 Å². The fourth-order valence-corrected chi connectivity index (χ4v) is 4.39. The number of Topliss-reactive ketones (excluding diaryl/α,β-unsaturated/α-hetero) is 1. The number of ether oxygens (including phenoxy) is 1. The molecule has 0 aliphatic heterocycles. The molecule has 2 aromatic carbocycles. The Hall–Kier alpha value is -2.79. The van der Waals surface area contributed by atoms with Crippen LogP contribution in [-0.4, -0.2) is 29.4 Å². The number of ketones is 1. The van der Waals surface area contributed by atoms with Crippen LogP contribution in [0.1, 0.15) is 42.5 Å². The van der Waals surface area contributed by atoms with Gasteiger partial charge in [0.1, 0.15) is 18.9 Å². The predicted octanol–water partition coefficient (Wildman–Crippen LogP) is 5.25. The summed E-state index contributed by atoms with van der Waals surface area (Å²) in [6, 6.07) is 14.9. The van der Waals surface area contributed by atoms with Crippen molar-refractivity contribution in [3.8, 4) is 5.75 Å². The van der Waals surface area contributed by atoms with E-state index >= 15 is 0 Å². The van der Waals surface area contributed by atoms with Crippen LogP contribution in [0.4, 0.5) is 0 Å². The highest BCUT2D eigenvalue weighted by atomic mass is 35.5. The summed E-state index contributed by atoms with van der Waals surface area (Å²) in [5, 5.41) is 4.46. The number of hydrogen-bond donors (Lipinski definition) is 1. The Morgan fingerprint density at radius 1 is 1.03 bits per heavy atom. The fraction of sp³-hybridized carbons (Fsp3) is 0.360. The van der Waals surface area contributed by atoms with Crippen molar-refractivity contribution in [2.75, 3.05) is 13.2 Å². The van der Waals surface area contributed by atoms with Gasteiger partial charge in [0, 0.05) is 33.6 Å². The van der Waals surface area contributed by atoms with E-state index in [-0.39, 0.29) is 24.2 Å². The summed E-state index contributed by atoms with van der Waals surface area (Å²) in [6.07, 6.45) is 7.24. The molecule has 1 N–H and O–H groups in total. The number of para-hydroxylation sites is 1. The number of nitrogens with zero attached hydrogens (tertiary/aromatic N) is 1. The molecular weight excluding hydrogens is 412 g/mol. The molecule has 0 bridgehead atoms. The minimum absolute atomic E-state index is 0.104. The van der Waals surface area contributed by atoms with E-state index in [0.717, 1.165) is 42.1 Å². The van der Waals surface area contributed by atoms with Gasteiger partial charge in [-0.2, -0.15) is 0 Å². The van der Waals surface area contributed by atoms with Crippen molar-refractivity contribution in [2.24, 2.45) is 5.92 Å². The molecule has 1 aromatic heterocycles. The summed E-state index contributed by atoms with van der Waals surface area (Å²) >= 11 is 5.86. The Kier molecular flexibility index (Phi) is 6.92. The molecule has 1 heterocycles. The molecular formula is C25H27ClN2O3. The van der Waals surface area contributed by atoms with E-state index in [1.165, 1.54) is 6.42 Å². The summed E-state index contributed by atoms with van der Waals surface area (Å²) < 4.78 is 7.49. The van der Waals surface area contributed by atoms with Crippen molar-refractivity contribution in [3.63, 3.8) is 0 Å². The largest absolute Gasteiger partial charge is 0.492 e. The lowest BCUT2D eigenvalue weighted by Gasteiger charge is -2.19. The lowest BCUT2D eigenvalue weighted by atomic mass is 9.84. The van der Waals surface area contributed by atoms with Gasteiger partial charge in [-0.25, -0.2) is 0 Å². The Morgan fingerprint density at radius 2 is 1.77 bits per heavy atom. The van der Waals surface area contributed by atoms with Crippen LogP contribution in [-0.2, 0) is 11.3 Å². The minimum Gasteiger partial charge on any atom is -0.492 e. The maximum atomic E-state index is 13.1. The third-order valence-corrected chi connectivity index (χ3v) is 6.10. The van der Waals surface area contributed by atoms with Gasteiger partial charge in [0.15, 0.2) is 5.78 Å². The van der Waals surface area contributed by atoms with Crippen LogP contribution >= 0.6 is 11.6 Å². The number of rotatable bonds is 8. The Bertz CT molecular complexity index is 1050. The standard InChI is InChI=1S/C25H27ClN2O3/c26-19-10-12-20(13-11-19)31-15-14-27-24(29)17-28-16-22(21-8-4-5-9-23(21)28)25(30)18-6-2-1-3-7-18/h4-5,8-13,16,18H,1-3,6-7,14-15,17H2,(H,27,29). The number of nitrogens with one attached hydrogen (secondary N) is 1. The molecule has 1 fully saturated rings. The molecule has 31 heavy (non-hydrogen) atoms. The van der Waals surface area contributed by atoms with Crippen LogP contribution in [0.2, 0.25) is 5.02 Å². The molecule has 1 saturated carbocycles. The van der Waals surface area contributed by atoms with Gasteiger partial charge in [0.2, 0.25) is 5.91 Å². The predicted molar refractivity (Wildman–Crippen MR) is 123 cm³/mol. The molecule has 0 saturated heterocycles. The zero-order valence-electron chi connectivity index (χ0n) is 17.5. The topological polar surface area (TPSA) is 60.3 Å². The summed E-state index contributed by atoms with van der Waals surface area (Å²) in [7, 11) is 0. The first-order valence-electron chi connectivity index (χ1n) is 10.9. The maximum Gasteiger partial charge on any atom is 0.240 e. The smallest absolute Gasteiger partial charge is 0.240 e. The molecule has 0 unspecified atom stereocenters. The van der Waals surface area contributed by atoms with Crippen molar-refractivity contribution < 1.29 is 14.3 Å². The van der Waals surface area contributed by atoms with Crippen LogP contribution in [0.25, 0.3) is 10.9 Å². The van der Waals surface area contributed by atoms with E-state index in [9.17, 15) is 9.59 Å². The van der Waals surface area contributed by atoms with E-state index in [1.54, 1.807) is 24.3 Å². The first kappa shape index (κ1) is 21.4. The molecule has 0 atom stereocenters. The van der Waals surface area contributed by atoms with Crippen molar-refractivity contribution in [1.29, 1.82) is 0 Å². The molecule has 1 aliphatic rings. The molecule has 1 aliphatic carbocycles. The normalized spacial score (nSPS) is 14.5. The molecule has 4 rings (SSSR count). The summed E-state index contributed by atoms with van der Waals surface area (Å²) in [4.78, 5) is 25.6. The zero-order valence-corrected chi connectivity index (χ0v) is 18.2. The summed E-state index contributed by atoms with van der Waals surface area (Å²) in [5.74, 6) is 0.913. The first-order valence-corrected chi connectivity index (χ1v) is 11.3. The number of benzene rings is 2. The van der Waals surface area contributed by atoms with Crippen molar-refractivity contribution in [3.05, 3.63) is 65.3 Å². The van der Waals surface area contributed by atoms with Gasteiger partial charge in [-0.15, -0.1) is 0 Å². The second-order valence-electron chi connectivity index (χ2n) is 8.04. The highest BCUT2D eigenvalue weighted by molar-refractivity contribution is 6.30. The summed E-state index contributed by atoms with van der Waals surface area (Å²) in [6.45, 7) is 0.930. The number of hydrogen-bond acceptors (Lipinski definition) is 3. The van der Waals surface area contributed by atoms with Crippen LogP contribution < -0.4 is 10.1 Å². The number of aromatic nitrogens is 1. The molecule has 0 spiro atoms. The van der Waals surface area contributed by atoms with Gasteiger partial charge in [-0.3, -0.25) is 9.59 Å². The van der Waals surface area contributed by atoms with Crippen LogP contribution in [0.5, 0.6) is 5.75 Å². The van der Waals surface area contributed by atoms with Gasteiger partial charge in [0.05, 0.1) is 6.54 Å². The van der Waals surface area contributed by atoms with E-state index in [0.29, 0.717) is 23.9 Å². The van der Waals surface area contributed by atoms with Crippen LogP contribution in [0.15, 0.2) is 54.7 Å². The molecule has 162 valence electrons. The van der Waals surface area contributed by atoms with Crippen molar-refractivity contribution in [2.45, 2.75) is 38.6 Å². The number of amides is 1. The SMILES string of the molecule is O=C(Cn1cc(C(=O)C2CCCCC2)c2ccccc21)NCCOc1ccc(Cl)cc1. The van der Waals surface area contributed by atoms with Crippen LogP contribution in [0.3, 0.4) is 0 Å². The monoisotopic (exact) mass is 438 g/mol. The Labute approximate surface area is 187 Å². The van der Waals surface area contributed by atoms with Gasteiger partial charge >= 0.3 is 0 Å². The Morgan fingerprint density at radius 3 is 2.55 bits per heavy atom. The van der Waals surface area contributed by atoms with Crippen LogP contribution in [0, 0.1) is 5.92 Å². The second kappa shape index (κ2) is 10.0. The average Bonchev–Trinajstić information content (AvgIpc) is 3.16. The van der Waals surface area contributed by atoms with Gasteiger partial charge in [0.25, 0.3) is 0 Å². The molecule has 3 aromatic rings. The lowest BCUT2D eigenvalue weighted by Crippen LogP contribution is -2.31. The third-order valence-electron chi connectivity index (χ3n) is 5.85. The molecule has 5 nitrogen and oxygen atoms in total. The van der Waals surface area contributed by atoms with Crippen molar-refractivity contribution in [1.82, 2.24) is 9.88 Å². The summed E-state index contributed by atoms with van der Waals surface area (Å²) in [5.41, 5.74) is 1.65. The van der Waals surface area contributed by atoms with E-state index in [2.05, 4.69) is 5.32 Å². The molecule has 1 amide bonds. The quantitative estimate of drug-likeness (QED) is 0.386. The highest BCUT2D eigenvalue weighted by Gasteiger charge is 2.25. The van der Waals surface area contributed by atoms with Crippen molar-refractivity contribution >= 4 is 34.2 Å². The minimum atomic E-state index is -0.114. The first-order chi connectivity index (χ1) is 15.1.